The summed E-state index contributed by atoms with van der Waals surface area (Å²) >= 11 is -1.27. The summed E-state index contributed by atoms with van der Waals surface area (Å²) in [7, 11) is 0. The van der Waals surface area contributed by atoms with Gasteiger partial charge in [0.25, 0.3) is 0 Å². The number of aryl methyl sites for hydroxylation is 1. The van der Waals surface area contributed by atoms with Crippen LogP contribution in [0.25, 0.3) is 10.9 Å². The Kier molecular flexibility index (Phi) is 5.17. The number of hydrogen-bond acceptors (Lipinski definition) is 4. The normalized spacial score (nSPS) is 15.7. The first-order chi connectivity index (χ1) is 10.9. The quantitative estimate of drug-likeness (QED) is 0.847. The fourth-order valence-electron chi connectivity index (χ4n) is 2.17. The summed E-state index contributed by atoms with van der Waals surface area (Å²) in [6.07, 6.45) is -2.96. The Morgan fingerprint density at radius 3 is 2.50 bits per heavy atom. The molecule has 2 rings (SSSR count). The molecule has 0 saturated heterocycles. The van der Waals surface area contributed by atoms with E-state index in [1.54, 1.807) is 13.0 Å². The molecule has 0 bridgehead atoms. The molecule has 2 aromatic heterocycles. The van der Waals surface area contributed by atoms with Crippen molar-refractivity contribution in [2.75, 3.05) is 0 Å². The van der Waals surface area contributed by atoms with Crippen molar-refractivity contribution in [2.45, 2.75) is 58.1 Å². The molecule has 0 aliphatic carbocycles. The summed E-state index contributed by atoms with van der Waals surface area (Å²) in [6.45, 7) is 7.87. The van der Waals surface area contributed by atoms with Gasteiger partial charge in [0.1, 0.15) is 11.3 Å². The zero-order valence-electron chi connectivity index (χ0n) is 14.2. The lowest BCUT2D eigenvalue weighted by atomic mass is 10.1. The second kappa shape index (κ2) is 6.53. The molecule has 2 atom stereocenters. The van der Waals surface area contributed by atoms with E-state index in [9.17, 15) is 17.7 Å². The Bertz CT molecular complexity index is 724. The van der Waals surface area contributed by atoms with Crippen LogP contribution in [-0.4, -0.2) is 30.2 Å². The Balaban J connectivity index is 2.30. The predicted molar refractivity (Wildman–Crippen MR) is 87.8 cm³/mol. The van der Waals surface area contributed by atoms with Crippen molar-refractivity contribution in [3.63, 3.8) is 0 Å². The molecular weight excluding hydrogens is 341 g/mol. The molecule has 0 aliphatic rings. The number of pyridine rings is 1. The summed E-state index contributed by atoms with van der Waals surface area (Å²) in [6, 6.07) is 1.39. The smallest absolute Gasteiger partial charge is 0.408 e. The highest BCUT2D eigenvalue weighted by Crippen LogP contribution is 2.26. The number of halogens is 3. The highest BCUT2D eigenvalue weighted by molar-refractivity contribution is 7.90. The average molecular weight is 362 g/mol. The molecule has 0 saturated carbocycles. The van der Waals surface area contributed by atoms with Gasteiger partial charge < -0.3 is 4.55 Å². The minimum atomic E-state index is -4.34. The summed E-state index contributed by atoms with van der Waals surface area (Å²) in [4.78, 5) is 4.22. The maximum atomic E-state index is 12.6. The molecule has 24 heavy (non-hydrogen) atoms. The van der Waals surface area contributed by atoms with E-state index in [-0.39, 0.29) is 6.04 Å². The molecule has 134 valence electrons. The molecule has 5 nitrogen and oxygen atoms in total. The Labute approximate surface area is 142 Å². The SMILES string of the molecule is Cc1nn(CC(F)(F)F)c2cnc([C@@H](C)N[S@+]([O-])C(C)(C)C)cc12. The minimum absolute atomic E-state index is 0.306. The molecule has 0 aliphatic heterocycles. The van der Waals surface area contributed by atoms with Crippen LogP contribution in [0.5, 0.6) is 0 Å². The van der Waals surface area contributed by atoms with Crippen LogP contribution in [0.2, 0.25) is 0 Å². The Morgan fingerprint density at radius 1 is 1.33 bits per heavy atom. The van der Waals surface area contributed by atoms with Crippen molar-refractivity contribution in [2.24, 2.45) is 0 Å². The first-order valence-corrected chi connectivity index (χ1v) is 8.61. The van der Waals surface area contributed by atoms with E-state index in [0.29, 0.717) is 22.3 Å². The van der Waals surface area contributed by atoms with E-state index in [4.69, 9.17) is 0 Å². The summed E-state index contributed by atoms with van der Waals surface area (Å²) < 4.78 is 53.5. The largest absolute Gasteiger partial charge is 0.598 e. The lowest BCUT2D eigenvalue weighted by Crippen LogP contribution is -2.40. The lowest BCUT2D eigenvalue weighted by molar-refractivity contribution is -0.141. The van der Waals surface area contributed by atoms with Gasteiger partial charge in [0.05, 0.1) is 29.1 Å². The molecule has 2 aromatic rings. The van der Waals surface area contributed by atoms with Gasteiger partial charge in [-0.1, -0.05) is 0 Å². The maximum absolute atomic E-state index is 12.6. The average Bonchev–Trinajstić information content (AvgIpc) is 2.71. The topological polar surface area (TPSA) is 65.8 Å². The van der Waals surface area contributed by atoms with E-state index in [2.05, 4.69) is 14.8 Å². The molecule has 9 heteroatoms. The van der Waals surface area contributed by atoms with Gasteiger partial charge in [0.2, 0.25) is 0 Å². The second-order valence-corrected chi connectivity index (χ2v) is 8.70. The monoisotopic (exact) mass is 362 g/mol. The van der Waals surface area contributed by atoms with E-state index in [1.807, 2.05) is 27.7 Å². The maximum Gasteiger partial charge on any atom is 0.408 e. The lowest BCUT2D eigenvalue weighted by Gasteiger charge is -2.26. The van der Waals surface area contributed by atoms with Crippen LogP contribution >= 0.6 is 0 Å². The number of aromatic nitrogens is 3. The third-order valence-corrected chi connectivity index (χ3v) is 5.14. The van der Waals surface area contributed by atoms with Crippen LogP contribution in [0.3, 0.4) is 0 Å². The standard InChI is InChI=1S/C15H21F3N4OS/c1-9-11-6-12(10(2)21-24(23)14(3,4)5)19-7-13(11)22(20-9)8-15(16,17)18/h6-7,10,21H,8H2,1-5H3/t10-,24-/m1/s1. The summed E-state index contributed by atoms with van der Waals surface area (Å²) in [5, 5.41) is 4.56. The molecule has 1 N–H and O–H groups in total. The Morgan fingerprint density at radius 2 is 1.96 bits per heavy atom. The second-order valence-electron chi connectivity index (χ2n) is 6.71. The van der Waals surface area contributed by atoms with Crippen molar-refractivity contribution in [3.05, 3.63) is 23.7 Å². The van der Waals surface area contributed by atoms with Crippen molar-refractivity contribution < 1.29 is 17.7 Å². The van der Waals surface area contributed by atoms with Gasteiger partial charge in [-0.25, -0.2) is 0 Å². The number of nitrogens with one attached hydrogen (secondary N) is 1. The van der Waals surface area contributed by atoms with Gasteiger partial charge in [-0.05, 0) is 40.7 Å². The molecule has 0 unspecified atom stereocenters. The van der Waals surface area contributed by atoms with Gasteiger partial charge in [-0.3, -0.25) is 9.67 Å². The van der Waals surface area contributed by atoms with Crippen LogP contribution in [0, 0.1) is 6.92 Å². The first-order valence-electron chi connectivity index (χ1n) is 7.46. The Hall–Kier alpha value is -1.32. The molecule has 0 fully saturated rings. The third-order valence-electron chi connectivity index (χ3n) is 3.46. The van der Waals surface area contributed by atoms with Gasteiger partial charge in [-0.15, -0.1) is 4.72 Å². The highest BCUT2D eigenvalue weighted by atomic mass is 32.2. The van der Waals surface area contributed by atoms with Crippen molar-refractivity contribution in [1.82, 2.24) is 19.5 Å². The van der Waals surface area contributed by atoms with E-state index >= 15 is 0 Å². The number of rotatable bonds is 4. The van der Waals surface area contributed by atoms with Crippen LogP contribution in [-0.2, 0) is 17.9 Å². The van der Waals surface area contributed by atoms with Crippen molar-refractivity contribution >= 4 is 22.3 Å². The van der Waals surface area contributed by atoms with E-state index in [1.165, 1.54) is 6.20 Å². The molecule has 2 heterocycles. The molecule has 0 spiro atoms. The number of fused-ring (bicyclic) bond motifs is 1. The zero-order chi connectivity index (χ0) is 18.3. The molecular formula is C15H21F3N4OS. The number of alkyl halides is 3. The minimum Gasteiger partial charge on any atom is -0.598 e. The van der Waals surface area contributed by atoms with Gasteiger partial charge in [-0.2, -0.15) is 18.3 Å². The number of hydrogen-bond donors (Lipinski definition) is 1. The molecule has 0 amide bonds. The third kappa shape index (κ3) is 4.40. The highest BCUT2D eigenvalue weighted by Gasteiger charge is 2.31. The molecule has 0 radical (unpaired) electrons. The number of nitrogens with zero attached hydrogens (tertiary/aromatic N) is 3. The van der Waals surface area contributed by atoms with Crippen LogP contribution in [0.4, 0.5) is 13.2 Å². The van der Waals surface area contributed by atoms with Crippen molar-refractivity contribution in [1.29, 1.82) is 0 Å². The van der Waals surface area contributed by atoms with E-state index in [0.717, 1.165) is 4.68 Å². The van der Waals surface area contributed by atoms with Gasteiger partial charge in [0.15, 0.2) is 0 Å². The predicted octanol–water partition coefficient (Wildman–Crippen LogP) is 3.41. The van der Waals surface area contributed by atoms with Gasteiger partial charge in [0, 0.05) is 16.7 Å². The first kappa shape index (κ1) is 19.0. The fourth-order valence-corrected chi connectivity index (χ4v) is 2.97. The fraction of sp³-hybridized carbons (Fsp3) is 0.600. The van der Waals surface area contributed by atoms with Crippen molar-refractivity contribution in [3.8, 4) is 0 Å². The van der Waals surface area contributed by atoms with Crippen LogP contribution < -0.4 is 4.72 Å². The van der Waals surface area contributed by atoms with Crippen LogP contribution in [0.15, 0.2) is 12.3 Å². The van der Waals surface area contributed by atoms with E-state index < -0.39 is 28.8 Å². The summed E-state index contributed by atoms with van der Waals surface area (Å²) in [5.74, 6) is 0. The summed E-state index contributed by atoms with van der Waals surface area (Å²) in [5.41, 5.74) is 1.44. The molecule has 0 aromatic carbocycles. The van der Waals surface area contributed by atoms with Gasteiger partial charge >= 0.3 is 6.18 Å². The van der Waals surface area contributed by atoms with Crippen LogP contribution in [0.1, 0.15) is 45.1 Å². The zero-order valence-corrected chi connectivity index (χ0v) is 15.0.